The molecule has 1 heterocycles. The molecule has 0 spiro atoms. The number of nitrogens with zero attached hydrogens (tertiary/aromatic N) is 3. The molecule has 1 aromatic heterocycles. The molecule has 16 heavy (non-hydrogen) atoms. The molecule has 86 valence electrons. The maximum absolute atomic E-state index is 8.85. The van der Waals surface area contributed by atoms with Gasteiger partial charge in [0.1, 0.15) is 11.8 Å². The Hall–Kier alpha value is -1.71. The van der Waals surface area contributed by atoms with E-state index in [2.05, 4.69) is 15.3 Å². The van der Waals surface area contributed by atoms with E-state index in [4.69, 9.17) is 15.1 Å². The molecule has 0 amide bonds. The largest absolute Gasteiger partial charge is 0.396 e. The molecule has 1 rings (SSSR count). The van der Waals surface area contributed by atoms with E-state index >= 15 is 0 Å². The van der Waals surface area contributed by atoms with Gasteiger partial charge >= 0.3 is 0 Å². The number of nitrogens with one attached hydrogen (secondary N) is 1. The van der Waals surface area contributed by atoms with Crippen molar-refractivity contribution in [2.45, 2.75) is 12.5 Å². The molecule has 0 saturated heterocycles. The van der Waals surface area contributed by atoms with Crippen LogP contribution in [0.5, 0.6) is 0 Å². The molecule has 1 aromatic rings. The Morgan fingerprint density at radius 3 is 3.12 bits per heavy atom. The lowest BCUT2D eigenvalue weighted by Crippen LogP contribution is -2.27. The SMILES string of the molecule is COCC(CCO)Nc1nccc(C#N)n1. The molecule has 0 radical (unpaired) electrons. The van der Waals surface area contributed by atoms with Gasteiger partial charge in [0.05, 0.1) is 12.6 Å². The first-order valence-electron chi connectivity index (χ1n) is 4.89. The Balaban J connectivity index is 2.65. The quantitative estimate of drug-likeness (QED) is 0.712. The second kappa shape index (κ2) is 6.71. The fourth-order valence-corrected chi connectivity index (χ4v) is 1.23. The highest BCUT2D eigenvalue weighted by Gasteiger charge is 2.09. The minimum Gasteiger partial charge on any atom is -0.396 e. The van der Waals surface area contributed by atoms with Crippen molar-refractivity contribution in [3.05, 3.63) is 18.0 Å². The van der Waals surface area contributed by atoms with Crippen LogP contribution in [0.15, 0.2) is 12.3 Å². The molecule has 0 aliphatic carbocycles. The molecule has 0 saturated carbocycles. The van der Waals surface area contributed by atoms with Crippen molar-refractivity contribution in [1.82, 2.24) is 9.97 Å². The lowest BCUT2D eigenvalue weighted by Gasteiger charge is -2.16. The van der Waals surface area contributed by atoms with Gasteiger partial charge in [-0.3, -0.25) is 0 Å². The Bertz CT molecular complexity index is 358. The third kappa shape index (κ3) is 3.81. The van der Waals surface area contributed by atoms with Gasteiger partial charge in [0.25, 0.3) is 0 Å². The monoisotopic (exact) mass is 222 g/mol. The minimum absolute atomic E-state index is 0.0545. The number of aliphatic hydroxyl groups excluding tert-OH is 1. The van der Waals surface area contributed by atoms with Crippen molar-refractivity contribution in [2.24, 2.45) is 0 Å². The highest BCUT2D eigenvalue weighted by atomic mass is 16.5. The Morgan fingerprint density at radius 1 is 1.69 bits per heavy atom. The summed E-state index contributed by atoms with van der Waals surface area (Å²) >= 11 is 0. The maximum Gasteiger partial charge on any atom is 0.224 e. The van der Waals surface area contributed by atoms with Crippen LogP contribution in [-0.4, -0.2) is 41.4 Å². The zero-order valence-corrected chi connectivity index (χ0v) is 9.05. The maximum atomic E-state index is 8.85. The number of methoxy groups -OCH3 is 1. The van der Waals surface area contributed by atoms with Gasteiger partial charge < -0.3 is 15.2 Å². The first-order valence-corrected chi connectivity index (χ1v) is 4.89. The van der Waals surface area contributed by atoms with Gasteiger partial charge in [-0.15, -0.1) is 0 Å². The first kappa shape index (κ1) is 12.4. The van der Waals surface area contributed by atoms with E-state index in [0.29, 0.717) is 24.7 Å². The van der Waals surface area contributed by atoms with Gasteiger partial charge in [-0.05, 0) is 12.5 Å². The van der Waals surface area contributed by atoms with Crippen LogP contribution in [0.1, 0.15) is 12.1 Å². The molecular weight excluding hydrogens is 208 g/mol. The predicted molar refractivity (Wildman–Crippen MR) is 57.7 cm³/mol. The van der Waals surface area contributed by atoms with Crippen molar-refractivity contribution in [3.8, 4) is 6.07 Å². The van der Waals surface area contributed by atoms with Crippen LogP contribution < -0.4 is 5.32 Å². The van der Waals surface area contributed by atoms with Gasteiger partial charge in [-0.2, -0.15) is 5.26 Å². The standard InChI is InChI=1S/C10H14N4O2/c1-16-7-9(3-5-15)14-10-12-4-2-8(6-11)13-10/h2,4,9,15H,3,5,7H2,1H3,(H,12,13,14). The Kier molecular flexibility index (Phi) is 5.19. The normalized spacial score (nSPS) is 11.8. The summed E-state index contributed by atoms with van der Waals surface area (Å²) in [6, 6.07) is 3.40. The fraction of sp³-hybridized carbons (Fsp3) is 0.500. The number of aliphatic hydroxyl groups is 1. The number of hydrogen-bond acceptors (Lipinski definition) is 6. The van der Waals surface area contributed by atoms with E-state index < -0.39 is 0 Å². The van der Waals surface area contributed by atoms with Crippen LogP contribution in [0.25, 0.3) is 0 Å². The number of ether oxygens (including phenoxy) is 1. The third-order valence-corrected chi connectivity index (χ3v) is 1.95. The highest BCUT2D eigenvalue weighted by Crippen LogP contribution is 2.04. The summed E-state index contributed by atoms with van der Waals surface area (Å²) in [5.41, 5.74) is 0.303. The number of hydrogen-bond donors (Lipinski definition) is 2. The van der Waals surface area contributed by atoms with Crippen molar-refractivity contribution >= 4 is 5.95 Å². The molecular formula is C10H14N4O2. The first-order chi connectivity index (χ1) is 7.80. The molecule has 0 aromatic carbocycles. The summed E-state index contributed by atoms with van der Waals surface area (Å²) in [5, 5.41) is 20.5. The predicted octanol–water partition coefficient (Wildman–Crippen LogP) is 0.158. The average molecular weight is 222 g/mol. The minimum atomic E-state index is -0.0658. The summed E-state index contributed by atoms with van der Waals surface area (Å²) < 4.78 is 4.99. The highest BCUT2D eigenvalue weighted by molar-refractivity contribution is 5.31. The second-order valence-electron chi connectivity index (χ2n) is 3.19. The van der Waals surface area contributed by atoms with E-state index in [9.17, 15) is 0 Å². The van der Waals surface area contributed by atoms with Crippen LogP contribution in [0, 0.1) is 11.3 Å². The number of aromatic nitrogens is 2. The van der Waals surface area contributed by atoms with Gasteiger partial charge in [-0.25, -0.2) is 9.97 Å². The van der Waals surface area contributed by atoms with E-state index in [0.717, 1.165) is 0 Å². The van der Waals surface area contributed by atoms with Crippen molar-refractivity contribution < 1.29 is 9.84 Å². The zero-order chi connectivity index (χ0) is 11.8. The fourth-order valence-electron chi connectivity index (χ4n) is 1.23. The lowest BCUT2D eigenvalue weighted by atomic mass is 10.2. The van der Waals surface area contributed by atoms with E-state index in [1.807, 2.05) is 6.07 Å². The molecule has 1 atom stereocenters. The van der Waals surface area contributed by atoms with Crippen LogP contribution in [0.3, 0.4) is 0 Å². The van der Waals surface area contributed by atoms with E-state index in [1.54, 1.807) is 7.11 Å². The molecule has 0 aliphatic rings. The Labute approximate surface area is 93.9 Å². The molecule has 1 unspecified atom stereocenters. The summed E-state index contributed by atoms with van der Waals surface area (Å²) in [4.78, 5) is 7.96. The summed E-state index contributed by atoms with van der Waals surface area (Å²) in [6.45, 7) is 0.500. The Morgan fingerprint density at radius 2 is 2.50 bits per heavy atom. The molecule has 6 heteroatoms. The molecule has 2 N–H and O–H groups in total. The summed E-state index contributed by atoms with van der Waals surface area (Å²) in [7, 11) is 1.58. The van der Waals surface area contributed by atoms with Crippen LogP contribution in [0.2, 0.25) is 0 Å². The lowest BCUT2D eigenvalue weighted by molar-refractivity contribution is 0.170. The molecule has 0 aliphatic heterocycles. The third-order valence-electron chi connectivity index (χ3n) is 1.95. The zero-order valence-electron chi connectivity index (χ0n) is 9.05. The van der Waals surface area contributed by atoms with Crippen molar-refractivity contribution in [3.63, 3.8) is 0 Å². The van der Waals surface area contributed by atoms with Gasteiger partial charge in [0, 0.05) is 19.9 Å². The second-order valence-corrected chi connectivity index (χ2v) is 3.19. The number of nitriles is 1. The molecule has 0 fully saturated rings. The smallest absolute Gasteiger partial charge is 0.224 e. The molecule has 0 bridgehead atoms. The number of anilines is 1. The summed E-state index contributed by atoms with van der Waals surface area (Å²) in [6.07, 6.45) is 2.05. The van der Waals surface area contributed by atoms with Crippen LogP contribution in [-0.2, 0) is 4.74 Å². The summed E-state index contributed by atoms with van der Waals surface area (Å²) in [5.74, 6) is 0.370. The number of rotatable bonds is 6. The van der Waals surface area contributed by atoms with Crippen LogP contribution in [0.4, 0.5) is 5.95 Å². The van der Waals surface area contributed by atoms with E-state index in [-0.39, 0.29) is 12.6 Å². The molecule has 6 nitrogen and oxygen atoms in total. The topological polar surface area (TPSA) is 91.1 Å². The van der Waals surface area contributed by atoms with Crippen LogP contribution >= 0.6 is 0 Å². The van der Waals surface area contributed by atoms with Gasteiger partial charge in [0.2, 0.25) is 5.95 Å². The van der Waals surface area contributed by atoms with Gasteiger partial charge in [0.15, 0.2) is 0 Å². The average Bonchev–Trinajstić information content (AvgIpc) is 2.30. The van der Waals surface area contributed by atoms with Gasteiger partial charge in [-0.1, -0.05) is 0 Å². The van der Waals surface area contributed by atoms with E-state index in [1.165, 1.54) is 12.3 Å². The van der Waals surface area contributed by atoms with Crippen molar-refractivity contribution in [1.29, 1.82) is 5.26 Å². The van der Waals surface area contributed by atoms with Crippen molar-refractivity contribution in [2.75, 3.05) is 25.6 Å².